The summed E-state index contributed by atoms with van der Waals surface area (Å²) in [4.78, 5) is 23.4. The smallest absolute Gasteiger partial charge is 0.337 e. The molecule has 0 aromatic carbocycles. The van der Waals surface area contributed by atoms with Crippen LogP contribution in [0.1, 0.15) is 13.3 Å². The molecule has 0 radical (unpaired) electrons. The zero-order valence-electron chi connectivity index (χ0n) is 11.2. The number of aliphatic hydroxyl groups is 1. The Balaban J connectivity index is 0.00000289. The van der Waals surface area contributed by atoms with Crippen molar-refractivity contribution in [3.8, 4) is 0 Å². The summed E-state index contributed by atoms with van der Waals surface area (Å²) in [5.41, 5.74) is -1.11. The zero-order valence-corrected chi connectivity index (χ0v) is 13.4. The van der Waals surface area contributed by atoms with Gasteiger partial charge in [0.25, 0.3) is 0 Å². The lowest BCUT2D eigenvalue weighted by atomic mass is 9.95. The van der Waals surface area contributed by atoms with E-state index in [4.69, 9.17) is 4.74 Å². The topological polar surface area (TPSA) is 75.6 Å². The molecule has 18 heavy (non-hydrogen) atoms. The van der Waals surface area contributed by atoms with Crippen LogP contribution in [0.5, 0.6) is 0 Å². The highest BCUT2D eigenvalue weighted by atomic mass is 127. The summed E-state index contributed by atoms with van der Waals surface area (Å²) < 4.78 is 5.49. The lowest BCUT2D eigenvalue weighted by Gasteiger charge is -2.34. The van der Waals surface area contributed by atoms with Crippen LogP contribution in [0.4, 0.5) is 0 Å². The molecule has 7 heteroatoms. The molecule has 1 rings (SSSR count). The van der Waals surface area contributed by atoms with Gasteiger partial charge in [-0.2, -0.15) is 0 Å². The molecule has 2 atom stereocenters. The molecule has 1 aliphatic rings. The molecule has 0 saturated carbocycles. The molecular weight excluding hydrogens is 351 g/mol. The molecule has 1 fully saturated rings. The Bertz CT molecular complexity index is 329. The second kappa shape index (κ2) is 6.16. The largest absolute Gasteiger partial charge is 1.00 e. The fourth-order valence-electron chi connectivity index (χ4n) is 2.17. The van der Waals surface area contributed by atoms with Gasteiger partial charge in [-0.1, -0.05) is 0 Å². The fraction of sp³-hybridized carbons (Fsp3) is 0.818. The second-order valence-corrected chi connectivity index (χ2v) is 5.46. The van der Waals surface area contributed by atoms with E-state index in [9.17, 15) is 14.7 Å². The van der Waals surface area contributed by atoms with Crippen molar-refractivity contribution in [2.75, 3.05) is 34.3 Å². The number of nitrogens with one attached hydrogen (secondary N) is 1. The molecule has 6 nitrogen and oxygen atoms in total. The van der Waals surface area contributed by atoms with Crippen LogP contribution in [0, 0.1) is 0 Å². The average Bonchev–Trinajstić information content (AvgIpc) is 2.40. The van der Waals surface area contributed by atoms with Crippen molar-refractivity contribution in [3.63, 3.8) is 0 Å². The maximum absolute atomic E-state index is 12.0. The van der Waals surface area contributed by atoms with Crippen LogP contribution in [0.25, 0.3) is 0 Å². The standard InChI is InChI=1S/C11H20N2O4.HI/c1-5-17-10(16)11(7-13(2,3)4)6-8(14)9(15)12-11;/h8,14H,5-7H2,1-4H3;1H/t8-,11-;/m0./s1. The van der Waals surface area contributed by atoms with Crippen LogP contribution < -0.4 is 29.3 Å². The molecular formula is C11H21IN2O4. The number of ether oxygens (including phenoxy) is 1. The van der Waals surface area contributed by atoms with Crippen LogP contribution in [-0.2, 0) is 14.3 Å². The van der Waals surface area contributed by atoms with Gasteiger partial charge in [0.1, 0.15) is 12.6 Å². The molecule has 1 heterocycles. The van der Waals surface area contributed by atoms with Gasteiger partial charge in [0.2, 0.25) is 5.91 Å². The van der Waals surface area contributed by atoms with Gasteiger partial charge in [0.15, 0.2) is 5.54 Å². The first-order chi connectivity index (χ1) is 7.70. The number of nitrogens with zero attached hydrogens (tertiary/aromatic N) is 1. The highest BCUT2D eigenvalue weighted by molar-refractivity contribution is 5.94. The summed E-state index contributed by atoms with van der Waals surface area (Å²) in [6, 6.07) is 0. The summed E-state index contributed by atoms with van der Waals surface area (Å²) in [7, 11) is 5.74. The van der Waals surface area contributed by atoms with Gasteiger partial charge in [-0.3, -0.25) is 4.79 Å². The second-order valence-electron chi connectivity index (χ2n) is 5.46. The molecule has 0 aromatic rings. The van der Waals surface area contributed by atoms with Crippen molar-refractivity contribution in [3.05, 3.63) is 0 Å². The number of carbonyl (C=O) groups excluding carboxylic acids is 2. The highest BCUT2D eigenvalue weighted by Gasteiger charge is 2.53. The lowest BCUT2D eigenvalue weighted by molar-refractivity contribution is -0.873. The predicted molar refractivity (Wildman–Crippen MR) is 61.0 cm³/mol. The Morgan fingerprint density at radius 3 is 2.44 bits per heavy atom. The number of likely N-dealkylation sites (N-methyl/N-ethyl adjacent to an activating group) is 1. The van der Waals surface area contributed by atoms with E-state index in [2.05, 4.69) is 5.32 Å². The molecule has 0 aromatic heterocycles. The highest BCUT2D eigenvalue weighted by Crippen LogP contribution is 2.24. The van der Waals surface area contributed by atoms with Gasteiger partial charge in [-0.25, -0.2) is 4.79 Å². The van der Waals surface area contributed by atoms with Crippen molar-refractivity contribution < 1.29 is 47.9 Å². The normalized spacial score (nSPS) is 27.4. The maximum atomic E-state index is 12.0. The summed E-state index contributed by atoms with van der Waals surface area (Å²) in [6.45, 7) is 2.35. The third-order valence-electron chi connectivity index (χ3n) is 2.62. The van der Waals surface area contributed by atoms with Gasteiger partial charge in [0, 0.05) is 6.42 Å². The van der Waals surface area contributed by atoms with Crippen molar-refractivity contribution in [2.45, 2.75) is 25.0 Å². The van der Waals surface area contributed by atoms with Gasteiger partial charge in [0.05, 0.1) is 27.7 Å². The summed E-state index contributed by atoms with van der Waals surface area (Å²) >= 11 is 0. The number of halogens is 1. The lowest BCUT2D eigenvalue weighted by Crippen LogP contribution is -3.00. The van der Waals surface area contributed by atoms with E-state index < -0.39 is 23.5 Å². The number of hydrogen-bond donors (Lipinski definition) is 2. The first kappa shape index (κ1) is 17.6. The number of amides is 1. The van der Waals surface area contributed by atoms with Crippen molar-refractivity contribution >= 4 is 11.9 Å². The van der Waals surface area contributed by atoms with Crippen LogP contribution in [0.3, 0.4) is 0 Å². The summed E-state index contributed by atoms with van der Waals surface area (Å²) in [5.74, 6) is -0.982. The minimum Gasteiger partial charge on any atom is -1.00 e. The Morgan fingerprint density at radius 1 is 1.56 bits per heavy atom. The van der Waals surface area contributed by atoms with Gasteiger partial charge in [-0.15, -0.1) is 0 Å². The Morgan fingerprint density at radius 2 is 2.11 bits per heavy atom. The third kappa shape index (κ3) is 4.06. The molecule has 0 unspecified atom stereocenters. The number of aliphatic hydroxyl groups excluding tert-OH is 1. The molecule has 0 bridgehead atoms. The molecule has 0 aliphatic carbocycles. The number of esters is 1. The van der Waals surface area contributed by atoms with Crippen molar-refractivity contribution in [1.82, 2.24) is 5.32 Å². The molecule has 1 amide bonds. The van der Waals surface area contributed by atoms with Crippen LogP contribution in [0.15, 0.2) is 0 Å². The van der Waals surface area contributed by atoms with Gasteiger partial charge < -0.3 is 43.6 Å². The summed E-state index contributed by atoms with van der Waals surface area (Å²) in [5, 5.41) is 12.1. The van der Waals surface area contributed by atoms with Crippen molar-refractivity contribution in [1.29, 1.82) is 0 Å². The monoisotopic (exact) mass is 372 g/mol. The van der Waals surface area contributed by atoms with E-state index in [1.807, 2.05) is 21.1 Å². The van der Waals surface area contributed by atoms with Gasteiger partial charge in [-0.05, 0) is 6.92 Å². The average molecular weight is 372 g/mol. The summed E-state index contributed by atoms with van der Waals surface area (Å²) in [6.07, 6.45) is -1.06. The Labute approximate surface area is 124 Å². The zero-order chi connectivity index (χ0) is 13.3. The maximum Gasteiger partial charge on any atom is 0.337 e. The fourth-order valence-corrected chi connectivity index (χ4v) is 2.17. The van der Waals surface area contributed by atoms with E-state index >= 15 is 0 Å². The molecule has 1 aliphatic heterocycles. The van der Waals surface area contributed by atoms with E-state index in [1.54, 1.807) is 6.92 Å². The van der Waals surface area contributed by atoms with Gasteiger partial charge >= 0.3 is 5.97 Å². The number of hydrogen-bond acceptors (Lipinski definition) is 4. The molecule has 0 spiro atoms. The van der Waals surface area contributed by atoms with E-state index in [-0.39, 0.29) is 37.0 Å². The predicted octanol–water partition coefficient (Wildman–Crippen LogP) is -4.12. The number of rotatable bonds is 4. The third-order valence-corrected chi connectivity index (χ3v) is 2.62. The van der Waals surface area contributed by atoms with E-state index in [0.29, 0.717) is 11.0 Å². The first-order valence-electron chi connectivity index (χ1n) is 5.68. The number of quaternary nitrogens is 1. The Hall–Kier alpha value is -0.410. The minimum atomic E-state index is -1.13. The molecule has 2 N–H and O–H groups in total. The first-order valence-corrected chi connectivity index (χ1v) is 5.68. The van der Waals surface area contributed by atoms with Crippen LogP contribution in [0.2, 0.25) is 0 Å². The van der Waals surface area contributed by atoms with Crippen LogP contribution >= 0.6 is 0 Å². The van der Waals surface area contributed by atoms with E-state index in [0.717, 1.165) is 0 Å². The van der Waals surface area contributed by atoms with Crippen LogP contribution in [-0.4, -0.2) is 67.4 Å². The van der Waals surface area contributed by atoms with Crippen molar-refractivity contribution in [2.24, 2.45) is 0 Å². The molecule has 1 saturated heterocycles. The quantitative estimate of drug-likeness (QED) is 0.299. The minimum absolute atomic E-state index is 0. The Kier molecular flexibility index (Phi) is 6.02. The molecule has 106 valence electrons. The van der Waals surface area contributed by atoms with E-state index in [1.165, 1.54) is 0 Å². The SMILES string of the molecule is CCOC(=O)[C@@]1(C[N+](C)(C)C)C[C@H](O)C(=O)N1.[I-]. The number of carbonyl (C=O) groups is 2.